The van der Waals surface area contributed by atoms with Crippen molar-refractivity contribution in [1.29, 1.82) is 0 Å². The lowest BCUT2D eigenvalue weighted by Crippen LogP contribution is -2.41. The number of nitrogens with one attached hydrogen (secondary N) is 1. The number of aromatic nitrogens is 2. The number of amides is 2. The van der Waals surface area contributed by atoms with Crippen LogP contribution in [0.1, 0.15) is 62.3 Å². The van der Waals surface area contributed by atoms with Crippen LogP contribution in [0, 0.1) is 5.92 Å². The molecule has 1 fully saturated rings. The number of nitrogens with two attached hydrogens (primary N) is 1. The van der Waals surface area contributed by atoms with Crippen molar-refractivity contribution >= 4 is 23.5 Å². The maximum atomic E-state index is 12.3. The average molecular weight is 451 g/mol. The van der Waals surface area contributed by atoms with E-state index in [9.17, 15) is 4.79 Å². The number of anilines is 3. The van der Waals surface area contributed by atoms with Crippen LogP contribution in [0.5, 0.6) is 0 Å². The highest BCUT2D eigenvalue weighted by Gasteiger charge is 2.27. The topological polar surface area (TPSA) is 87.4 Å². The van der Waals surface area contributed by atoms with Crippen molar-refractivity contribution in [3.8, 4) is 0 Å². The average Bonchev–Trinajstić information content (AvgIpc) is 2.82. The second-order valence-corrected chi connectivity index (χ2v) is 9.69. The van der Waals surface area contributed by atoms with Gasteiger partial charge in [0, 0.05) is 37.9 Å². The van der Waals surface area contributed by atoms with Crippen LogP contribution in [0.25, 0.3) is 0 Å². The van der Waals surface area contributed by atoms with E-state index < -0.39 is 0 Å². The van der Waals surface area contributed by atoms with Crippen LogP contribution < -0.4 is 20.9 Å². The molecule has 1 aromatic carbocycles. The molecule has 2 aliphatic rings. The summed E-state index contributed by atoms with van der Waals surface area (Å²) in [6.45, 7) is 2.79. The highest BCUT2D eigenvalue weighted by atomic mass is 16.2. The zero-order chi connectivity index (χ0) is 23.4. The second-order valence-electron chi connectivity index (χ2n) is 9.69. The predicted octanol–water partition coefficient (Wildman–Crippen LogP) is 4.54. The number of carbonyl (C=O) groups is 1. The number of hydrogen-bond acceptors (Lipinski definition) is 5. The first-order valence-corrected chi connectivity index (χ1v) is 12.4. The lowest BCUT2D eigenvalue weighted by atomic mass is 9.85. The standard InChI is InChI=1S/C26H38N6O/c1-4-19-9-5-8-12-23(19)32(25(27)33)17-18-13-15-20(16-14-18)28-26-29-22-11-7-6-10-21(22)24(30-26)31(2)3/h5,8-9,12,18,20H,4,6-7,10-11,13-17H2,1-3H3,(H2,27,33)(H,28,29,30)/t18-,20+. The van der Waals surface area contributed by atoms with E-state index >= 15 is 0 Å². The normalized spacial score (nSPS) is 20.1. The molecule has 1 saturated carbocycles. The van der Waals surface area contributed by atoms with Crippen LogP contribution >= 0.6 is 0 Å². The quantitative estimate of drug-likeness (QED) is 0.647. The van der Waals surface area contributed by atoms with Crippen LogP contribution in [-0.4, -0.2) is 42.7 Å². The van der Waals surface area contributed by atoms with Crippen LogP contribution in [0.15, 0.2) is 24.3 Å². The van der Waals surface area contributed by atoms with E-state index in [1.807, 2.05) is 18.2 Å². The molecular weight excluding hydrogens is 412 g/mol. The Labute approximate surface area is 197 Å². The number of hydrogen-bond donors (Lipinski definition) is 2. The van der Waals surface area contributed by atoms with E-state index in [2.05, 4.69) is 37.3 Å². The first-order chi connectivity index (χ1) is 16.0. The molecule has 1 aromatic heterocycles. The molecule has 1 heterocycles. The van der Waals surface area contributed by atoms with Gasteiger partial charge in [-0.2, -0.15) is 4.98 Å². The summed E-state index contributed by atoms with van der Waals surface area (Å²) in [5.74, 6) is 2.27. The van der Waals surface area contributed by atoms with Gasteiger partial charge in [0.05, 0.1) is 5.69 Å². The molecule has 0 spiro atoms. The van der Waals surface area contributed by atoms with Gasteiger partial charge in [-0.15, -0.1) is 0 Å². The number of carbonyl (C=O) groups excluding carboxylic acids is 1. The molecule has 0 aliphatic heterocycles. The van der Waals surface area contributed by atoms with Gasteiger partial charge in [-0.05, 0) is 75.3 Å². The molecule has 0 bridgehead atoms. The molecule has 0 radical (unpaired) electrons. The Morgan fingerprint density at radius 3 is 2.52 bits per heavy atom. The van der Waals surface area contributed by atoms with Crippen LogP contribution in [0.4, 0.5) is 22.2 Å². The number of fused-ring (bicyclic) bond motifs is 1. The third-order valence-corrected chi connectivity index (χ3v) is 7.13. The van der Waals surface area contributed by atoms with E-state index in [1.165, 1.54) is 24.1 Å². The van der Waals surface area contributed by atoms with E-state index in [1.54, 1.807) is 4.90 Å². The summed E-state index contributed by atoms with van der Waals surface area (Å²) in [7, 11) is 4.13. The molecule has 178 valence electrons. The van der Waals surface area contributed by atoms with Crippen molar-refractivity contribution in [3.05, 3.63) is 41.1 Å². The summed E-state index contributed by atoms with van der Waals surface area (Å²) < 4.78 is 0. The Bertz CT molecular complexity index is 967. The van der Waals surface area contributed by atoms with Crippen molar-refractivity contribution in [2.75, 3.05) is 35.8 Å². The van der Waals surface area contributed by atoms with Crippen molar-refractivity contribution in [2.24, 2.45) is 11.7 Å². The first-order valence-electron chi connectivity index (χ1n) is 12.4. The molecule has 2 amide bonds. The fourth-order valence-corrected chi connectivity index (χ4v) is 5.32. The largest absolute Gasteiger partial charge is 0.362 e. The molecule has 2 aliphatic carbocycles. The summed E-state index contributed by atoms with van der Waals surface area (Å²) in [6, 6.07) is 8.08. The third kappa shape index (κ3) is 5.40. The number of urea groups is 1. The maximum absolute atomic E-state index is 12.3. The van der Waals surface area contributed by atoms with Crippen molar-refractivity contribution in [2.45, 2.75) is 70.8 Å². The molecule has 33 heavy (non-hydrogen) atoms. The number of primary amides is 1. The number of aryl methyl sites for hydroxylation is 2. The Morgan fingerprint density at radius 2 is 1.82 bits per heavy atom. The van der Waals surface area contributed by atoms with Gasteiger partial charge in [-0.3, -0.25) is 4.90 Å². The van der Waals surface area contributed by atoms with E-state index in [4.69, 9.17) is 15.7 Å². The molecule has 7 nitrogen and oxygen atoms in total. The van der Waals surface area contributed by atoms with E-state index in [-0.39, 0.29) is 6.03 Å². The highest BCUT2D eigenvalue weighted by molar-refractivity contribution is 5.91. The minimum Gasteiger partial charge on any atom is -0.362 e. The number of rotatable bonds is 7. The zero-order valence-electron chi connectivity index (χ0n) is 20.3. The van der Waals surface area contributed by atoms with Gasteiger partial charge in [-0.25, -0.2) is 9.78 Å². The second kappa shape index (κ2) is 10.4. The monoisotopic (exact) mass is 450 g/mol. The minimum atomic E-state index is -0.366. The van der Waals surface area contributed by atoms with Gasteiger partial charge in [0.15, 0.2) is 0 Å². The summed E-state index contributed by atoms with van der Waals surface area (Å²) in [6.07, 6.45) is 9.63. The fraction of sp³-hybridized carbons (Fsp3) is 0.577. The Kier molecular flexibility index (Phi) is 7.36. The minimum absolute atomic E-state index is 0.364. The Balaban J connectivity index is 1.39. The molecule has 7 heteroatoms. The van der Waals surface area contributed by atoms with Gasteiger partial charge < -0.3 is 16.0 Å². The van der Waals surface area contributed by atoms with Crippen LogP contribution in [-0.2, 0) is 19.3 Å². The van der Waals surface area contributed by atoms with Crippen LogP contribution in [0.3, 0.4) is 0 Å². The number of nitrogens with zero attached hydrogens (tertiary/aromatic N) is 4. The summed E-state index contributed by atoms with van der Waals surface area (Å²) in [5.41, 5.74) is 10.4. The highest BCUT2D eigenvalue weighted by Crippen LogP contribution is 2.32. The molecule has 4 rings (SSSR count). The summed E-state index contributed by atoms with van der Waals surface area (Å²) in [5, 5.41) is 3.62. The SMILES string of the molecule is CCc1ccccc1N(C[C@H]1CC[C@@H](Nc2nc3c(c(N(C)C)n2)CCCC3)CC1)C(N)=O. The zero-order valence-corrected chi connectivity index (χ0v) is 20.3. The lowest BCUT2D eigenvalue weighted by Gasteiger charge is -2.33. The smallest absolute Gasteiger partial charge is 0.319 e. The molecular formula is C26H38N6O. The predicted molar refractivity (Wildman–Crippen MR) is 135 cm³/mol. The summed E-state index contributed by atoms with van der Waals surface area (Å²) in [4.78, 5) is 25.9. The Morgan fingerprint density at radius 1 is 1.09 bits per heavy atom. The van der Waals surface area contributed by atoms with Gasteiger partial charge in [0.1, 0.15) is 5.82 Å². The maximum Gasteiger partial charge on any atom is 0.319 e. The lowest BCUT2D eigenvalue weighted by molar-refractivity contribution is 0.250. The molecule has 0 atom stereocenters. The van der Waals surface area contributed by atoms with Gasteiger partial charge in [0.2, 0.25) is 5.95 Å². The molecule has 0 saturated heterocycles. The molecule has 2 aromatic rings. The van der Waals surface area contributed by atoms with Gasteiger partial charge in [0.25, 0.3) is 0 Å². The molecule has 3 N–H and O–H groups in total. The summed E-state index contributed by atoms with van der Waals surface area (Å²) >= 11 is 0. The van der Waals surface area contributed by atoms with Gasteiger partial charge in [-0.1, -0.05) is 25.1 Å². The van der Waals surface area contributed by atoms with Gasteiger partial charge >= 0.3 is 6.03 Å². The number of benzene rings is 1. The third-order valence-electron chi connectivity index (χ3n) is 7.13. The first kappa shape index (κ1) is 23.3. The van der Waals surface area contributed by atoms with Crippen molar-refractivity contribution in [3.63, 3.8) is 0 Å². The Hall–Kier alpha value is -2.83. The fourth-order valence-electron chi connectivity index (χ4n) is 5.32. The number of para-hydroxylation sites is 1. The van der Waals surface area contributed by atoms with Crippen molar-refractivity contribution in [1.82, 2.24) is 9.97 Å². The molecule has 0 unspecified atom stereocenters. The van der Waals surface area contributed by atoms with E-state index in [0.29, 0.717) is 18.5 Å². The van der Waals surface area contributed by atoms with Crippen molar-refractivity contribution < 1.29 is 4.79 Å². The van der Waals surface area contributed by atoms with Crippen LogP contribution in [0.2, 0.25) is 0 Å². The van der Waals surface area contributed by atoms with E-state index in [0.717, 1.165) is 68.0 Å².